The van der Waals surface area contributed by atoms with Crippen LogP contribution in [-0.4, -0.2) is 12.1 Å². The number of hydrogen-bond donors (Lipinski definition) is 0. The molecule has 0 saturated heterocycles. The van der Waals surface area contributed by atoms with E-state index in [1.807, 2.05) is 0 Å². The monoisotopic (exact) mass is 381 g/mol. The summed E-state index contributed by atoms with van der Waals surface area (Å²) >= 11 is 7.01. The smallest absolute Gasteiger partial charge is 0.281 e. The van der Waals surface area contributed by atoms with Crippen LogP contribution in [0.5, 0.6) is 11.5 Å². The van der Waals surface area contributed by atoms with Crippen LogP contribution >= 0.6 is 22.9 Å². The minimum atomic E-state index is -2.66. The molecule has 0 amide bonds. The lowest BCUT2D eigenvalue weighted by Crippen LogP contribution is -1.98. The molecule has 0 aliphatic heterocycles. The molecule has 0 saturated carbocycles. The van der Waals surface area contributed by atoms with Crippen LogP contribution in [0.3, 0.4) is 0 Å². The van der Waals surface area contributed by atoms with E-state index in [2.05, 4.69) is 4.98 Å². The average molecular weight is 382 g/mol. The number of nitrogens with zero attached hydrogens (tertiary/aromatic N) is 1. The Hall–Kier alpha value is -2.18. The molecule has 3 rings (SSSR count). The van der Waals surface area contributed by atoms with Crippen LogP contribution < -0.4 is 9.47 Å². The molecule has 25 heavy (non-hydrogen) atoms. The second-order valence-corrected chi connectivity index (χ2v) is 6.62. The van der Waals surface area contributed by atoms with Gasteiger partial charge in [0, 0.05) is 10.6 Å². The molecule has 0 fully saturated rings. The van der Waals surface area contributed by atoms with Crippen molar-refractivity contribution in [2.45, 2.75) is 13.0 Å². The maximum atomic E-state index is 13.3. The molecular formula is C18H14ClF2NO2S. The van der Waals surface area contributed by atoms with E-state index >= 15 is 0 Å². The molecule has 3 aromatic rings. The second-order valence-electron chi connectivity index (χ2n) is 5.10. The van der Waals surface area contributed by atoms with Crippen molar-refractivity contribution in [2.75, 3.05) is 7.11 Å². The number of benzene rings is 2. The molecule has 0 N–H and O–H groups in total. The van der Waals surface area contributed by atoms with Crippen molar-refractivity contribution in [3.63, 3.8) is 0 Å². The number of methoxy groups -OCH3 is 1. The zero-order chi connectivity index (χ0) is 17.8. The number of thiazole rings is 1. The van der Waals surface area contributed by atoms with Gasteiger partial charge in [-0.3, -0.25) is 0 Å². The summed E-state index contributed by atoms with van der Waals surface area (Å²) < 4.78 is 37.3. The summed E-state index contributed by atoms with van der Waals surface area (Å²) in [5.74, 6) is 1.25. The van der Waals surface area contributed by atoms with Crippen molar-refractivity contribution < 1.29 is 18.3 Å². The molecule has 1 heterocycles. The number of rotatable bonds is 6. The summed E-state index contributed by atoms with van der Waals surface area (Å²) in [5, 5.41) is 1.10. The van der Waals surface area contributed by atoms with Gasteiger partial charge in [0.1, 0.15) is 28.8 Å². The Morgan fingerprint density at radius 3 is 2.28 bits per heavy atom. The van der Waals surface area contributed by atoms with Crippen molar-refractivity contribution in [3.05, 3.63) is 64.1 Å². The molecule has 0 aliphatic rings. The molecule has 0 unspecified atom stereocenters. The molecule has 3 nitrogen and oxygen atoms in total. The SMILES string of the molecule is COc1ccc(-c2nc(C(F)F)c(COc3ccc(Cl)cc3)s2)cc1. The van der Waals surface area contributed by atoms with Crippen LogP contribution in [0.1, 0.15) is 17.0 Å². The largest absolute Gasteiger partial charge is 0.497 e. The van der Waals surface area contributed by atoms with Gasteiger partial charge in [0.15, 0.2) is 0 Å². The maximum Gasteiger partial charge on any atom is 0.281 e. The minimum absolute atomic E-state index is 0.0229. The van der Waals surface area contributed by atoms with Crippen LogP contribution in [0.15, 0.2) is 48.5 Å². The summed E-state index contributed by atoms with van der Waals surface area (Å²) in [6.07, 6.45) is -2.66. The van der Waals surface area contributed by atoms with Gasteiger partial charge >= 0.3 is 0 Å². The molecule has 2 aromatic carbocycles. The molecule has 7 heteroatoms. The normalized spacial score (nSPS) is 10.9. The zero-order valence-corrected chi connectivity index (χ0v) is 14.8. The van der Waals surface area contributed by atoms with Crippen molar-refractivity contribution in [1.82, 2.24) is 4.98 Å². The highest BCUT2D eigenvalue weighted by Crippen LogP contribution is 2.34. The Morgan fingerprint density at radius 2 is 1.68 bits per heavy atom. The van der Waals surface area contributed by atoms with E-state index in [0.29, 0.717) is 26.4 Å². The first kappa shape index (κ1) is 17.6. The third kappa shape index (κ3) is 4.27. The van der Waals surface area contributed by atoms with Gasteiger partial charge in [-0.25, -0.2) is 13.8 Å². The highest BCUT2D eigenvalue weighted by Gasteiger charge is 2.20. The fourth-order valence-electron chi connectivity index (χ4n) is 2.17. The Balaban J connectivity index is 1.82. The van der Waals surface area contributed by atoms with E-state index in [-0.39, 0.29) is 12.3 Å². The van der Waals surface area contributed by atoms with E-state index in [4.69, 9.17) is 21.1 Å². The Morgan fingerprint density at radius 1 is 1.04 bits per heavy atom. The number of hydrogen-bond acceptors (Lipinski definition) is 4. The molecule has 0 aliphatic carbocycles. The van der Waals surface area contributed by atoms with E-state index in [0.717, 1.165) is 5.56 Å². The first-order valence-corrected chi connectivity index (χ1v) is 8.57. The number of halogens is 3. The topological polar surface area (TPSA) is 31.4 Å². The van der Waals surface area contributed by atoms with E-state index in [1.165, 1.54) is 11.3 Å². The quantitative estimate of drug-likeness (QED) is 0.525. The third-order valence-corrected chi connectivity index (χ3v) is 4.80. The lowest BCUT2D eigenvalue weighted by Gasteiger charge is -2.05. The number of ether oxygens (including phenoxy) is 2. The summed E-state index contributed by atoms with van der Waals surface area (Å²) in [6.45, 7) is 0.0229. The lowest BCUT2D eigenvalue weighted by molar-refractivity contribution is 0.144. The van der Waals surface area contributed by atoms with Gasteiger partial charge in [-0.1, -0.05) is 11.6 Å². The van der Waals surface area contributed by atoms with Crippen LogP contribution in [0.25, 0.3) is 10.6 Å². The van der Waals surface area contributed by atoms with Crippen molar-refractivity contribution >= 4 is 22.9 Å². The molecule has 0 spiro atoms. The Labute approximate surface area is 152 Å². The van der Waals surface area contributed by atoms with Crippen molar-refractivity contribution in [1.29, 1.82) is 0 Å². The van der Waals surface area contributed by atoms with Crippen molar-refractivity contribution in [2.24, 2.45) is 0 Å². The Bertz CT molecular complexity index is 835. The van der Waals surface area contributed by atoms with E-state index < -0.39 is 6.43 Å². The summed E-state index contributed by atoms with van der Waals surface area (Å²) in [4.78, 5) is 4.49. The third-order valence-electron chi connectivity index (χ3n) is 3.45. The van der Waals surface area contributed by atoms with Gasteiger partial charge in [-0.2, -0.15) is 0 Å². The Kier molecular flexibility index (Phi) is 5.50. The van der Waals surface area contributed by atoms with Crippen LogP contribution in [0.4, 0.5) is 8.78 Å². The van der Waals surface area contributed by atoms with Crippen LogP contribution in [0, 0.1) is 0 Å². The van der Waals surface area contributed by atoms with Gasteiger partial charge in [-0.15, -0.1) is 11.3 Å². The standard InChI is InChI=1S/C18H14ClF2NO2S/c1-23-13-6-2-11(3-7-13)18-22-16(17(20)21)15(25-18)10-24-14-8-4-12(19)5-9-14/h2-9,17H,10H2,1H3. The summed E-state index contributed by atoms with van der Waals surface area (Å²) in [5.41, 5.74) is 0.509. The molecule has 0 bridgehead atoms. The molecule has 0 radical (unpaired) electrons. The summed E-state index contributed by atoms with van der Waals surface area (Å²) in [7, 11) is 1.57. The second kappa shape index (κ2) is 7.80. The zero-order valence-electron chi connectivity index (χ0n) is 13.2. The molecule has 130 valence electrons. The van der Waals surface area contributed by atoms with Gasteiger partial charge < -0.3 is 9.47 Å². The van der Waals surface area contributed by atoms with Gasteiger partial charge in [0.05, 0.1) is 12.0 Å². The molecular weight excluding hydrogens is 368 g/mol. The predicted octanol–water partition coefficient (Wildman–Crippen LogP) is 5.99. The predicted molar refractivity (Wildman–Crippen MR) is 94.8 cm³/mol. The van der Waals surface area contributed by atoms with Crippen LogP contribution in [-0.2, 0) is 6.61 Å². The van der Waals surface area contributed by atoms with Gasteiger partial charge in [-0.05, 0) is 48.5 Å². The average Bonchev–Trinajstić information content (AvgIpc) is 3.06. The number of aromatic nitrogens is 1. The summed E-state index contributed by atoms with van der Waals surface area (Å²) in [6, 6.07) is 13.9. The first-order valence-electron chi connectivity index (χ1n) is 7.37. The van der Waals surface area contributed by atoms with E-state index in [1.54, 1.807) is 55.6 Å². The van der Waals surface area contributed by atoms with Gasteiger partial charge in [0.25, 0.3) is 6.43 Å². The molecule has 1 aromatic heterocycles. The fraction of sp³-hybridized carbons (Fsp3) is 0.167. The molecule has 0 atom stereocenters. The van der Waals surface area contributed by atoms with E-state index in [9.17, 15) is 8.78 Å². The van der Waals surface area contributed by atoms with Crippen molar-refractivity contribution in [3.8, 4) is 22.1 Å². The maximum absolute atomic E-state index is 13.3. The minimum Gasteiger partial charge on any atom is -0.497 e. The highest BCUT2D eigenvalue weighted by molar-refractivity contribution is 7.15. The first-order chi connectivity index (χ1) is 12.1. The van der Waals surface area contributed by atoms with Gasteiger partial charge in [0.2, 0.25) is 0 Å². The highest BCUT2D eigenvalue weighted by atomic mass is 35.5. The fourth-order valence-corrected chi connectivity index (χ4v) is 3.29. The lowest BCUT2D eigenvalue weighted by atomic mass is 10.2. The van der Waals surface area contributed by atoms with Crippen LogP contribution in [0.2, 0.25) is 5.02 Å². The number of alkyl halides is 2.